The smallest absolute Gasteiger partial charge is 0.227 e. The minimum Gasteiger partial charge on any atom is -0.456 e. The number of benzene rings is 8. The molecule has 0 saturated carbocycles. The van der Waals surface area contributed by atoms with Crippen LogP contribution in [0.25, 0.3) is 92.2 Å². The highest BCUT2D eigenvalue weighted by Crippen LogP contribution is 2.47. The van der Waals surface area contributed by atoms with Gasteiger partial charge in [0.2, 0.25) is 5.89 Å². The van der Waals surface area contributed by atoms with E-state index in [-0.39, 0.29) is 0 Å². The van der Waals surface area contributed by atoms with Crippen LogP contribution in [-0.2, 0) is 0 Å². The molecule has 0 bridgehead atoms. The second-order valence-corrected chi connectivity index (χ2v) is 15.0. The van der Waals surface area contributed by atoms with E-state index in [9.17, 15) is 0 Å². The largest absolute Gasteiger partial charge is 0.456 e. The quantitative estimate of drug-likeness (QED) is 0.177. The summed E-state index contributed by atoms with van der Waals surface area (Å²) in [5.74, 6) is 0.592. The SMILES string of the molecule is c1ccc(-c2nc3c(ccc4oc5ccc(N(c6ccc7c(c6)c6ccccc6n7-c6ccccc6)c6cccc7c6sc6ccccc67)cc5c43)o2)cc1. The van der Waals surface area contributed by atoms with Gasteiger partial charge in [0, 0.05) is 54.3 Å². The van der Waals surface area contributed by atoms with Gasteiger partial charge >= 0.3 is 0 Å². The van der Waals surface area contributed by atoms with Crippen molar-refractivity contribution in [3.63, 3.8) is 0 Å². The molecule has 4 aromatic heterocycles. The normalized spacial score (nSPS) is 12.0. The molecule has 12 rings (SSSR count). The number of aromatic nitrogens is 2. The van der Waals surface area contributed by atoms with Crippen molar-refractivity contribution in [2.24, 2.45) is 0 Å². The third kappa shape index (κ3) is 4.55. The summed E-state index contributed by atoms with van der Waals surface area (Å²) in [5.41, 5.74) is 10.7. The Morgan fingerprint density at radius 1 is 0.491 bits per heavy atom. The minimum atomic E-state index is 0.592. The number of nitrogens with zero attached hydrogens (tertiary/aromatic N) is 3. The van der Waals surface area contributed by atoms with E-state index in [1.165, 1.54) is 36.5 Å². The molecule has 8 aromatic carbocycles. The average molecular weight is 724 g/mol. The Hall–Kier alpha value is -7.15. The van der Waals surface area contributed by atoms with Crippen molar-refractivity contribution >= 4 is 103 Å². The molecule has 0 amide bonds. The fraction of sp³-hybridized carbons (Fsp3) is 0. The summed E-state index contributed by atoms with van der Waals surface area (Å²) in [6.45, 7) is 0. The topological polar surface area (TPSA) is 47.3 Å². The van der Waals surface area contributed by atoms with Crippen LogP contribution in [0.15, 0.2) is 185 Å². The highest BCUT2D eigenvalue weighted by molar-refractivity contribution is 7.26. The van der Waals surface area contributed by atoms with Crippen molar-refractivity contribution in [1.82, 2.24) is 9.55 Å². The molecule has 0 radical (unpaired) electrons. The van der Waals surface area contributed by atoms with E-state index in [4.69, 9.17) is 13.8 Å². The number of para-hydroxylation sites is 2. The van der Waals surface area contributed by atoms with Crippen LogP contribution in [0.3, 0.4) is 0 Å². The number of anilines is 3. The molecule has 0 atom stereocenters. The summed E-state index contributed by atoms with van der Waals surface area (Å²) in [7, 11) is 0. The van der Waals surface area contributed by atoms with Gasteiger partial charge in [-0.2, -0.15) is 0 Å². The van der Waals surface area contributed by atoms with Crippen molar-refractivity contribution in [2.75, 3.05) is 4.90 Å². The van der Waals surface area contributed by atoms with Crippen molar-refractivity contribution in [3.05, 3.63) is 176 Å². The minimum absolute atomic E-state index is 0.592. The fourth-order valence-electron chi connectivity index (χ4n) is 8.38. The summed E-state index contributed by atoms with van der Waals surface area (Å²) in [6.07, 6.45) is 0. The Balaban J connectivity index is 1.13. The van der Waals surface area contributed by atoms with Gasteiger partial charge < -0.3 is 18.3 Å². The summed E-state index contributed by atoms with van der Waals surface area (Å²) < 4.78 is 17.7. The number of fused-ring (bicyclic) bond motifs is 11. The maximum atomic E-state index is 6.48. The van der Waals surface area contributed by atoms with Gasteiger partial charge in [-0.3, -0.25) is 0 Å². The van der Waals surface area contributed by atoms with Crippen LogP contribution < -0.4 is 4.90 Å². The van der Waals surface area contributed by atoms with E-state index in [2.05, 4.69) is 143 Å². The highest BCUT2D eigenvalue weighted by atomic mass is 32.1. The first-order chi connectivity index (χ1) is 27.3. The predicted octanol–water partition coefficient (Wildman–Crippen LogP) is 14.3. The lowest BCUT2D eigenvalue weighted by molar-refractivity contribution is 0.619. The Bertz CT molecular complexity index is 3450. The average Bonchev–Trinajstić information content (AvgIpc) is 4.02. The molecule has 0 aliphatic heterocycles. The van der Waals surface area contributed by atoms with Crippen molar-refractivity contribution < 1.29 is 8.83 Å². The number of rotatable bonds is 5. The fourth-order valence-corrected chi connectivity index (χ4v) is 9.58. The summed E-state index contributed by atoms with van der Waals surface area (Å²) in [4.78, 5) is 7.44. The highest BCUT2D eigenvalue weighted by Gasteiger charge is 2.23. The van der Waals surface area contributed by atoms with E-state index in [1.54, 1.807) is 0 Å². The lowest BCUT2D eigenvalue weighted by Crippen LogP contribution is -2.10. The molecule has 55 heavy (non-hydrogen) atoms. The first kappa shape index (κ1) is 30.3. The lowest BCUT2D eigenvalue weighted by Gasteiger charge is -2.26. The van der Waals surface area contributed by atoms with Crippen LogP contribution in [-0.4, -0.2) is 9.55 Å². The van der Waals surface area contributed by atoms with E-state index < -0.39 is 0 Å². The molecule has 0 N–H and O–H groups in total. The molecule has 0 fully saturated rings. The first-order valence-electron chi connectivity index (χ1n) is 18.4. The molecular formula is C49H29N3O2S. The van der Waals surface area contributed by atoms with Gasteiger partial charge in [0.15, 0.2) is 5.58 Å². The summed E-state index contributed by atoms with van der Waals surface area (Å²) in [6, 6.07) is 62.0. The number of oxazole rings is 1. The number of hydrogen-bond acceptors (Lipinski definition) is 5. The maximum Gasteiger partial charge on any atom is 0.227 e. The Morgan fingerprint density at radius 3 is 2.04 bits per heavy atom. The van der Waals surface area contributed by atoms with Gasteiger partial charge in [-0.05, 0) is 91.0 Å². The van der Waals surface area contributed by atoms with E-state index in [0.717, 1.165) is 66.9 Å². The molecule has 5 nitrogen and oxygen atoms in total. The molecule has 0 spiro atoms. The standard InChI is InChI=1S/C49H29N3O2S/c1-3-12-30(13-4-1)49-50-47-44(54-49)27-26-43-46(47)38-29-33(23-25-42(38)53-43)51(41-20-11-18-36-35-17-8-10-21-45(35)55-48(36)41)32-22-24-40-37(28-32)34-16-7-9-19-39(34)52(40)31-14-5-2-6-15-31/h1-29H. The van der Waals surface area contributed by atoms with Crippen LogP contribution in [0.5, 0.6) is 0 Å². The van der Waals surface area contributed by atoms with Gasteiger partial charge in [-0.25, -0.2) is 4.98 Å². The molecule has 4 heterocycles. The van der Waals surface area contributed by atoms with Gasteiger partial charge in [-0.15, -0.1) is 11.3 Å². The molecule has 258 valence electrons. The zero-order valence-corrected chi connectivity index (χ0v) is 30.1. The maximum absolute atomic E-state index is 6.48. The number of hydrogen-bond donors (Lipinski definition) is 0. The van der Waals surface area contributed by atoms with Gasteiger partial charge in [0.25, 0.3) is 0 Å². The Morgan fingerprint density at radius 2 is 1.16 bits per heavy atom. The van der Waals surface area contributed by atoms with Crippen molar-refractivity contribution in [2.45, 2.75) is 0 Å². The second kappa shape index (κ2) is 11.7. The molecule has 12 aromatic rings. The van der Waals surface area contributed by atoms with E-state index in [0.29, 0.717) is 5.89 Å². The van der Waals surface area contributed by atoms with Crippen LogP contribution in [0.1, 0.15) is 0 Å². The third-order valence-corrected chi connectivity index (χ3v) is 12.0. The monoisotopic (exact) mass is 723 g/mol. The number of furan rings is 1. The lowest BCUT2D eigenvalue weighted by atomic mass is 10.1. The Kier molecular flexibility index (Phi) is 6.44. The third-order valence-electron chi connectivity index (χ3n) is 10.8. The molecule has 0 aliphatic rings. The molecule has 0 saturated heterocycles. The van der Waals surface area contributed by atoms with Gasteiger partial charge in [0.05, 0.1) is 26.8 Å². The zero-order chi connectivity index (χ0) is 36.0. The first-order valence-corrected chi connectivity index (χ1v) is 19.2. The van der Waals surface area contributed by atoms with E-state index in [1.807, 2.05) is 53.8 Å². The summed E-state index contributed by atoms with van der Waals surface area (Å²) in [5, 5.41) is 6.85. The van der Waals surface area contributed by atoms with Gasteiger partial charge in [0.1, 0.15) is 16.7 Å². The zero-order valence-electron chi connectivity index (χ0n) is 29.3. The molecular weight excluding hydrogens is 695 g/mol. The van der Waals surface area contributed by atoms with Crippen molar-refractivity contribution in [1.29, 1.82) is 0 Å². The van der Waals surface area contributed by atoms with E-state index >= 15 is 0 Å². The predicted molar refractivity (Wildman–Crippen MR) is 229 cm³/mol. The van der Waals surface area contributed by atoms with Crippen LogP contribution in [0, 0.1) is 0 Å². The second-order valence-electron chi connectivity index (χ2n) is 13.9. The molecule has 0 unspecified atom stereocenters. The number of thiophene rings is 1. The van der Waals surface area contributed by atoms with Gasteiger partial charge in [-0.1, -0.05) is 84.9 Å². The van der Waals surface area contributed by atoms with Crippen LogP contribution in [0.4, 0.5) is 17.1 Å². The Labute approximate surface area is 318 Å². The summed E-state index contributed by atoms with van der Waals surface area (Å²) >= 11 is 1.84. The van der Waals surface area contributed by atoms with Crippen LogP contribution in [0.2, 0.25) is 0 Å². The molecule has 6 heteroatoms. The van der Waals surface area contributed by atoms with Crippen molar-refractivity contribution in [3.8, 4) is 17.1 Å². The van der Waals surface area contributed by atoms with Crippen LogP contribution >= 0.6 is 11.3 Å². The molecule has 0 aliphatic carbocycles.